The molecule has 6 nitrogen and oxygen atoms in total. The van der Waals surface area contributed by atoms with Crippen LogP contribution >= 0.6 is 15.9 Å². The second-order valence-electron chi connectivity index (χ2n) is 4.48. The summed E-state index contributed by atoms with van der Waals surface area (Å²) in [5, 5.41) is 10.8. The van der Waals surface area contributed by atoms with Crippen molar-refractivity contribution in [3.05, 3.63) is 62.1 Å². The first kappa shape index (κ1) is 15.3. The fourth-order valence-corrected chi connectivity index (χ4v) is 2.44. The van der Waals surface area contributed by atoms with Crippen LogP contribution in [-0.4, -0.2) is 4.92 Å². The number of anilines is 1. The molecular formula is C14H14BrN3O3. The Morgan fingerprint density at radius 2 is 2.10 bits per heavy atom. The number of halogens is 1. The average molecular weight is 352 g/mol. The van der Waals surface area contributed by atoms with E-state index in [1.807, 2.05) is 25.1 Å². The summed E-state index contributed by atoms with van der Waals surface area (Å²) in [5.74, 6) is 6.01. The van der Waals surface area contributed by atoms with Crippen molar-refractivity contribution in [1.82, 2.24) is 0 Å². The lowest BCUT2D eigenvalue weighted by Gasteiger charge is -2.10. The molecule has 0 radical (unpaired) electrons. The molecule has 0 amide bonds. The lowest BCUT2D eigenvalue weighted by Crippen LogP contribution is -2.10. The average Bonchev–Trinajstić information content (AvgIpc) is 2.45. The third kappa shape index (κ3) is 3.71. The van der Waals surface area contributed by atoms with E-state index in [0.717, 1.165) is 15.6 Å². The van der Waals surface area contributed by atoms with Crippen molar-refractivity contribution in [2.24, 2.45) is 5.84 Å². The highest BCUT2D eigenvalue weighted by Gasteiger charge is 2.13. The van der Waals surface area contributed by atoms with E-state index < -0.39 is 4.92 Å². The first-order valence-electron chi connectivity index (χ1n) is 6.14. The van der Waals surface area contributed by atoms with Crippen LogP contribution < -0.4 is 16.0 Å². The summed E-state index contributed by atoms with van der Waals surface area (Å²) in [6.45, 7) is 2.28. The number of benzene rings is 2. The van der Waals surface area contributed by atoms with Gasteiger partial charge in [-0.1, -0.05) is 6.07 Å². The van der Waals surface area contributed by atoms with Crippen LogP contribution in [0.4, 0.5) is 11.4 Å². The van der Waals surface area contributed by atoms with Gasteiger partial charge in [-0.15, -0.1) is 0 Å². The third-order valence-electron chi connectivity index (χ3n) is 2.89. The minimum absolute atomic E-state index is 0.0715. The predicted molar refractivity (Wildman–Crippen MR) is 84.1 cm³/mol. The van der Waals surface area contributed by atoms with E-state index in [1.165, 1.54) is 6.07 Å². The molecule has 0 atom stereocenters. The van der Waals surface area contributed by atoms with Crippen molar-refractivity contribution < 1.29 is 9.66 Å². The maximum Gasteiger partial charge on any atom is 0.293 e. The van der Waals surface area contributed by atoms with Crippen LogP contribution in [-0.2, 0) is 6.61 Å². The zero-order valence-corrected chi connectivity index (χ0v) is 12.9. The molecule has 110 valence electrons. The molecule has 7 heteroatoms. The first-order chi connectivity index (χ1) is 10.0. The van der Waals surface area contributed by atoms with Crippen molar-refractivity contribution in [3.63, 3.8) is 0 Å². The van der Waals surface area contributed by atoms with E-state index in [0.29, 0.717) is 5.75 Å². The van der Waals surface area contributed by atoms with Gasteiger partial charge in [0.25, 0.3) is 5.69 Å². The molecule has 0 aromatic heterocycles. The van der Waals surface area contributed by atoms with Crippen LogP contribution in [0.3, 0.4) is 0 Å². The normalized spacial score (nSPS) is 10.2. The van der Waals surface area contributed by atoms with Gasteiger partial charge >= 0.3 is 0 Å². The molecule has 0 saturated heterocycles. The van der Waals surface area contributed by atoms with Crippen LogP contribution in [0, 0.1) is 17.0 Å². The highest BCUT2D eigenvalue weighted by molar-refractivity contribution is 9.10. The number of nitrogens with two attached hydrogens (primary N) is 1. The topological polar surface area (TPSA) is 90.4 Å². The summed E-state index contributed by atoms with van der Waals surface area (Å²) in [4.78, 5) is 10.3. The standard InChI is InChI=1S/C14H14BrN3O3/c1-9-2-5-14(11(15)6-9)21-8-10-3-4-13(18(19)20)12(7-10)17-16/h2-7,17H,8,16H2,1H3. The van der Waals surface area contributed by atoms with E-state index in [9.17, 15) is 10.1 Å². The number of aryl methyl sites for hydroxylation is 1. The predicted octanol–water partition coefficient (Wildman–Crippen LogP) is 3.53. The van der Waals surface area contributed by atoms with Gasteiger partial charge in [0.15, 0.2) is 0 Å². The summed E-state index contributed by atoms with van der Waals surface area (Å²) in [5.41, 5.74) is 4.41. The Kier molecular flexibility index (Phi) is 4.77. The molecular weight excluding hydrogens is 338 g/mol. The molecule has 2 aromatic carbocycles. The molecule has 21 heavy (non-hydrogen) atoms. The first-order valence-corrected chi connectivity index (χ1v) is 6.93. The maximum absolute atomic E-state index is 10.8. The second-order valence-corrected chi connectivity index (χ2v) is 5.33. The molecule has 3 N–H and O–H groups in total. The van der Waals surface area contributed by atoms with Gasteiger partial charge in [-0.25, -0.2) is 0 Å². The fourth-order valence-electron chi connectivity index (χ4n) is 1.83. The summed E-state index contributed by atoms with van der Waals surface area (Å²) in [7, 11) is 0. The van der Waals surface area contributed by atoms with E-state index in [1.54, 1.807) is 12.1 Å². The molecule has 2 rings (SSSR count). The Balaban J connectivity index is 2.15. The number of nitrogens with zero attached hydrogens (tertiary/aromatic N) is 1. The maximum atomic E-state index is 10.8. The largest absolute Gasteiger partial charge is 0.488 e. The van der Waals surface area contributed by atoms with E-state index >= 15 is 0 Å². The molecule has 0 bridgehead atoms. The Bertz CT molecular complexity index is 677. The van der Waals surface area contributed by atoms with Gasteiger partial charge in [0.05, 0.1) is 9.40 Å². The number of ether oxygens (including phenoxy) is 1. The summed E-state index contributed by atoms with van der Waals surface area (Å²) < 4.78 is 6.55. The van der Waals surface area contributed by atoms with E-state index in [2.05, 4.69) is 21.4 Å². The van der Waals surface area contributed by atoms with E-state index in [-0.39, 0.29) is 18.0 Å². The molecule has 0 unspecified atom stereocenters. The quantitative estimate of drug-likeness (QED) is 0.488. The summed E-state index contributed by atoms with van der Waals surface area (Å²) >= 11 is 3.43. The van der Waals surface area contributed by atoms with Gasteiger partial charge in [-0.05, 0) is 58.2 Å². The lowest BCUT2D eigenvalue weighted by atomic mass is 10.2. The highest BCUT2D eigenvalue weighted by atomic mass is 79.9. The number of nitrogen functional groups attached to an aromatic ring is 1. The van der Waals surface area contributed by atoms with Crippen LogP contribution in [0.2, 0.25) is 0 Å². The van der Waals surface area contributed by atoms with Gasteiger partial charge in [0, 0.05) is 6.07 Å². The molecule has 0 saturated carbocycles. The van der Waals surface area contributed by atoms with E-state index in [4.69, 9.17) is 10.6 Å². The monoisotopic (exact) mass is 351 g/mol. The van der Waals surface area contributed by atoms with Crippen molar-refractivity contribution in [1.29, 1.82) is 0 Å². The summed E-state index contributed by atoms with van der Waals surface area (Å²) in [6, 6.07) is 10.4. The van der Waals surface area contributed by atoms with Gasteiger partial charge in [0.2, 0.25) is 0 Å². The third-order valence-corrected chi connectivity index (χ3v) is 3.51. The SMILES string of the molecule is Cc1ccc(OCc2ccc([N+](=O)[O-])c(NN)c2)c(Br)c1. The number of rotatable bonds is 5. The van der Waals surface area contributed by atoms with Crippen molar-refractivity contribution in [2.45, 2.75) is 13.5 Å². The van der Waals surface area contributed by atoms with Gasteiger partial charge in [-0.3, -0.25) is 16.0 Å². The summed E-state index contributed by atoms with van der Waals surface area (Å²) in [6.07, 6.45) is 0. The molecule has 0 aliphatic rings. The lowest BCUT2D eigenvalue weighted by molar-refractivity contribution is -0.384. The minimum Gasteiger partial charge on any atom is -0.488 e. The molecule has 0 heterocycles. The zero-order chi connectivity index (χ0) is 15.4. The Morgan fingerprint density at radius 3 is 2.71 bits per heavy atom. The number of hydrazine groups is 1. The molecule has 0 aliphatic carbocycles. The Morgan fingerprint density at radius 1 is 1.33 bits per heavy atom. The minimum atomic E-state index is -0.490. The smallest absolute Gasteiger partial charge is 0.293 e. The number of hydrogen-bond donors (Lipinski definition) is 2. The Labute approximate surface area is 130 Å². The van der Waals surface area contributed by atoms with Crippen LogP contribution in [0.25, 0.3) is 0 Å². The highest BCUT2D eigenvalue weighted by Crippen LogP contribution is 2.28. The zero-order valence-electron chi connectivity index (χ0n) is 11.3. The number of nitrogens with one attached hydrogen (secondary N) is 1. The molecule has 2 aromatic rings. The molecule has 0 spiro atoms. The molecule has 0 fully saturated rings. The number of nitro benzene ring substituents is 1. The van der Waals surface area contributed by atoms with Gasteiger partial charge < -0.3 is 10.2 Å². The van der Waals surface area contributed by atoms with Crippen LogP contribution in [0.5, 0.6) is 5.75 Å². The van der Waals surface area contributed by atoms with Crippen LogP contribution in [0.15, 0.2) is 40.9 Å². The van der Waals surface area contributed by atoms with Crippen molar-refractivity contribution in [3.8, 4) is 5.75 Å². The van der Waals surface area contributed by atoms with Crippen LogP contribution in [0.1, 0.15) is 11.1 Å². The number of hydrogen-bond acceptors (Lipinski definition) is 5. The van der Waals surface area contributed by atoms with Gasteiger partial charge in [-0.2, -0.15) is 0 Å². The fraction of sp³-hybridized carbons (Fsp3) is 0.143. The van der Waals surface area contributed by atoms with Crippen molar-refractivity contribution >= 4 is 27.3 Å². The molecule has 0 aliphatic heterocycles. The Hall–Kier alpha value is -2.12. The second kappa shape index (κ2) is 6.55. The number of nitro groups is 1. The van der Waals surface area contributed by atoms with Crippen molar-refractivity contribution in [2.75, 3.05) is 5.43 Å². The van der Waals surface area contributed by atoms with Gasteiger partial charge in [0.1, 0.15) is 18.0 Å².